The zero-order valence-electron chi connectivity index (χ0n) is 42.6. The molecule has 4 N–H and O–H groups in total. The molecule has 19 heteroatoms. The van der Waals surface area contributed by atoms with Crippen molar-refractivity contribution in [1.29, 1.82) is 0 Å². The smallest absolute Gasteiger partial charge is 0.246 e. The number of fused-ring (bicyclic) bond motifs is 3. The Bertz CT molecular complexity index is 3240. The highest BCUT2D eigenvalue weighted by molar-refractivity contribution is 7.15. The van der Waals surface area contributed by atoms with Crippen LogP contribution in [0.5, 0.6) is 0 Å². The summed E-state index contributed by atoms with van der Waals surface area (Å²) < 4.78 is 3.93. The number of carbonyl (C=O) groups is 4. The van der Waals surface area contributed by atoms with Gasteiger partial charge in [0.2, 0.25) is 23.6 Å². The molecule has 7 aromatic rings. The molecule has 384 valence electrons. The van der Waals surface area contributed by atoms with E-state index in [4.69, 9.17) is 16.6 Å². The van der Waals surface area contributed by atoms with E-state index in [2.05, 4.69) is 50.0 Å². The van der Waals surface area contributed by atoms with Crippen molar-refractivity contribution in [3.05, 3.63) is 146 Å². The Labute approximate surface area is 443 Å². The third-order valence-electron chi connectivity index (χ3n) is 13.7. The first-order chi connectivity index (χ1) is 35.3. The summed E-state index contributed by atoms with van der Waals surface area (Å²) in [7, 11) is 0. The van der Waals surface area contributed by atoms with Gasteiger partial charge in [0.25, 0.3) is 0 Å². The van der Waals surface area contributed by atoms with Gasteiger partial charge in [0.05, 0.1) is 58.8 Å². The molecule has 74 heavy (non-hydrogen) atoms. The lowest BCUT2D eigenvalue weighted by Crippen LogP contribution is -2.58. The van der Waals surface area contributed by atoms with Crippen molar-refractivity contribution in [3.8, 4) is 26.7 Å². The predicted octanol–water partition coefficient (Wildman–Crippen LogP) is 8.21. The van der Waals surface area contributed by atoms with Gasteiger partial charge in [-0.3, -0.25) is 28.7 Å². The molecule has 16 nitrogen and oxygen atoms in total. The van der Waals surface area contributed by atoms with Crippen LogP contribution >= 0.6 is 34.3 Å². The number of likely N-dealkylation sites (tertiary alicyclic amines) is 1. The number of nitrogens with one attached hydrogen (secondary N) is 3. The number of benzene rings is 3. The minimum absolute atomic E-state index is 0.0144. The highest BCUT2D eigenvalue weighted by Crippen LogP contribution is 2.40. The van der Waals surface area contributed by atoms with E-state index in [0.717, 1.165) is 71.7 Å². The number of thiophene rings is 1. The van der Waals surface area contributed by atoms with Crippen LogP contribution in [0.15, 0.2) is 95.8 Å². The van der Waals surface area contributed by atoms with Gasteiger partial charge in [-0.15, -0.1) is 32.9 Å². The lowest BCUT2D eigenvalue weighted by atomic mass is 9.85. The van der Waals surface area contributed by atoms with Crippen LogP contribution in [0.4, 0.5) is 0 Å². The van der Waals surface area contributed by atoms with E-state index in [1.54, 1.807) is 29.0 Å². The quantitative estimate of drug-likeness (QED) is 0.0781. The first kappa shape index (κ1) is 52.0. The van der Waals surface area contributed by atoms with Crippen molar-refractivity contribution < 1.29 is 24.3 Å². The molecule has 4 aromatic heterocycles. The van der Waals surface area contributed by atoms with Crippen LogP contribution in [0.1, 0.15) is 103 Å². The summed E-state index contributed by atoms with van der Waals surface area (Å²) in [6, 6.07) is 20.2. The molecule has 0 spiro atoms. The van der Waals surface area contributed by atoms with Gasteiger partial charge in [-0.1, -0.05) is 93.0 Å². The number of aliphatic hydroxyl groups excluding tert-OH is 1. The zero-order chi connectivity index (χ0) is 52.6. The van der Waals surface area contributed by atoms with E-state index in [-0.39, 0.29) is 49.6 Å². The number of thiazole rings is 1. The van der Waals surface area contributed by atoms with Gasteiger partial charge in [0.15, 0.2) is 5.82 Å². The molecule has 4 amide bonds. The monoisotopic (exact) mass is 1050 g/mol. The molecule has 5 atom stereocenters. The maximum atomic E-state index is 14.3. The number of hydrogen-bond acceptors (Lipinski definition) is 12. The number of halogens is 1. The Morgan fingerprint density at radius 2 is 1.58 bits per heavy atom. The number of rotatable bonds is 15. The molecule has 0 aliphatic carbocycles. The predicted molar refractivity (Wildman–Crippen MR) is 289 cm³/mol. The number of aliphatic hydroxyl groups is 1. The van der Waals surface area contributed by atoms with Crippen molar-refractivity contribution in [2.75, 3.05) is 13.1 Å². The minimum Gasteiger partial charge on any atom is -0.391 e. The van der Waals surface area contributed by atoms with E-state index in [1.165, 1.54) is 9.78 Å². The van der Waals surface area contributed by atoms with Crippen molar-refractivity contribution in [2.45, 2.75) is 111 Å². The molecule has 3 aromatic carbocycles. The van der Waals surface area contributed by atoms with Crippen LogP contribution in [-0.2, 0) is 32.1 Å². The average molecular weight is 1050 g/mol. The standard InChI is InChI=1S/C55H60ClN11O5S2/c1-30-33(4)74-54-47(30)48(38-17-19-40(56)20-18-38)61-42(51-64-63-34(5)67(51)54)25-45(69)57-21-22-65-27-43(58-28-65)37-11-9-35(10-12-37)23-46(70)62-50(55(6,7)8)53(72)66-26-41(68)24-44(66)52(71)60-31(2)36-13-15-39(16-14-36)49-32(3)59-29-73-49/h9-20,27-29,31,41-42,44,50,68H,21-26H2,1-8H3,(H,57,69)(H,60,71)(H,62,70)/t31-,41?,42-,44-,50?/m0/s1. The number of aryl methyl sites for hydroxylation is 3. The van der Waals surface area contributed by atoms with Gasteiger partial charge in [-0.05, 0) is 74.4 Å². The minimum atomic E-state index is -0.962. The van der Waals surface area contributed by atoms with E-state index >= 15 is 0 Å². The molecule has 2 aliphatic heterocycles. The molecule has 0 bridgehead atoms. The summed E-state index contributed by atoms with van der Waals surface area (Å²) in [5.74, 6) is 0.0148. The molecule has 1 fully saturated rings. The molecule has 2 unspecified atom stereocenters. The lowest BCUT2D eigenvalue weighted by molar-refractivity contribution is -0.144. The second-order valence-corrected chi connectivity index (χ2v) is 22.7. The third-order valence-corrected chi connectivity index (χ3v) is 16.2. The largest absolute Gasteiger partial charge is 0.391 e. The van der Waals surface area contributed by atoms with Gasteiger partial charge in [-0.25, -0.2) is 9.97 Å². The van der Waals surface area contributed by atoms with Crippen molar-refractivity contribution in [1.82, 2.24) is 50.1 Å². The van der Waals surface area contributed by atoms with Crippen LogP contribution in [0.3, 0.4) is 0 Å². The summed E-state index contributed by atoms with van der Waals surface area (Å²) in [5, 5.41) is 30.3. The van der Waals surface area contributed by atoms with E-state index < -0.39 is 35.6 Å². The molecule has 9 rings (SSSR count). The first-order valence-electron chi connectivity index (χ1n) is 24.7. The lowest BCUT2D eigenvalue weighted by Gasteiger charge is -2.35. The number of carbonyl (C=O) groups excluding carboxylic acids is 4. The fourth-order valence-electron chi connectivity index (χ4n) is 9.54. The second-order valence-electron chi connectivity index (χ2n) is 20.2. The topological polar surface area (TPSA) is 202 Å². The summed E-state index contributed by atoms with van der Waals surface area (Å²) in [4.78, 5) is 73.1. The van der Waals surface area contributed by atoms with Crippen LogP contribution in [0.25, 0.3) is 26.7 Å². The van der Waals surface area contributed by atoms with Gasteiger partial charge in [0, 0.05) is 58.8 Å². The Morgan fingerprint density at radius 1 is 0.878 bits per heavy atom. The Kier molecular flexibility index (Phi) is 15.1. The maximum absolute atomic E-state index is 14.3. The van der Waals surface area contributed by atoms with E-state index in [1.807, 2.05) is 135 Å². The molecular weight excluding hydrogens is 994 g/mol. The Hall–Kier alpha value is -6.86. The SMILES string of the molecule is Cc1ncsc1-c1ccc([C@H](C)NC(=O)[C@@H]2CC(O)CN2C(=O)C(NC(=O)Cc2ccc(-c3cn(CCNC(=O)C[C@@H]4N=C(c5ccc(Cl)cc5)c5c(sc(C)c5C)-n5c(C)nnc54)cn3)cc2)C(C)(C)C)cc1. The second kappa shape index (κ2) is 21.5. The molecular formula is C55H60ClN11O5S2. The van der Waals surface area contributed by atoms with Crippen LogP contribution in [0, 0.1) is 33.1 Å². The first-order valence-corrected chi connectivity index (χ1v) is 26.7. The van der Waals surface area contributed by atoms with Gasteiger partial charge in [0.1, 0.15) is 29.0 Å². The summed E-state index contributed by atoms with van der Waals surface area (Å²) in [6.45, 7) is 16.3. The highest BCUT2D eigenvalue weighted by Gasteiger charge is 2.45. The fourth-order valence-corrected chi connectivity index (χ4v) is 11.7. The van der Waals surface area contributed by atoms with Crippen LogP contribution in [-0.4, -0.2) is 99.9 Å². The van der Waals surface area contributed by atoms with E-state index in [0.29, 0.717) is 23.9 Å². The Balaban J connectivity index is 0.785. The van der Waals surface area contributed by atoms with Gasteiger partial charge in [-0.2, -0.15) is 0 Å². The van der Waals surface area contributed by atoms with Crippen molar-refractivity contribution >= 4 is 63.6 Å². The molecule has 1 saturated heterocycles. The summed E-state index contributed by atoms with van der Waals surface area (Å²) in [6.07, 6.45) is 2.91. The zero-order valence-corrected chi connectivity index (χ0v) is 45.0. The van der Waals surface area contributed by atoms with Gasteiger partial charge >= 0.3 is 0 Å². The molecule has 2 aliphatic rings. The fraction of sp³-hybridized carbons (Fsp3) is 0.364. The molecule has 6 heterocycles. The number of aliphatic imine (C=N–C) groups is 1. The number of β-amino-alcohol motifs (C(OH)–C–C–N with tert-alkyl or cyclic N) is 1. The van der Waals surface area contributed by atoms with Gasteiger partial charge < -0.3 is 30.5 Å². The number of amides is 4. The maximum Gasteiger partial charge on any atom is 0.246 e. The van der Waals surface area contributed by atoms with E-state index in [9.17, 15) is 24.3 Å². The van der Waals surface area contributed by atoms with Crippen LogP contribution < -0.4 is 16.0 Å². The number of nitrogens with zero attached hydrogens (tertiary/aromatic N) is 8. The highest BCUT2D eigenvalue weighted by atomic mass is 35.5. The normalized spacial score (nSPS) is 17.2. The average Bonchev–Trinajstić information content (AvgIpc) is 4.21. The van der Waals surface area contributed by atoms with Crippen LogP contribution in [0.2, 0.25) is 5.02 Å². The number of aromatic nitrogens is 6. The van der Waals surface area contributed by atoms with Crippen molar-refractivity contribution in [2.24, 2.45) is 10.4 Å². The molecule has 0 saturated carbocycles. The molecule has 0 radical (unpaired) electrons. The number of hydrogen-bond donors (Lipinski definition) is 4. The summed E-state index contributed by atoms with van der Waals surface area (Å²) >= 11 is 9.50. The van der Waals surface area contributed by atoms with Crippen molar-refractivity contribution in [3.63, 3.8) is 0 Å². The summed E-state index contributed by atoms with van der Waals surface area (Å²) in [5.41, 5.74) is 10.1. The Morgan fingerprint density at radius 3 is 2.27 bits per heavy atom. The third kappa shape index (κ3) is 11.1. The number of imidazole rings is 1.